The number of ether oxygens (including phenoxy) is 2. The summed E-state index contributed by atoms with van der Waals surface area (Å²) in [6, 6.07) is 3.35. The number of anilines is 1. The van der Waals surface area contributed by atoms with Crippen molar-refractivity contribution in [3.8, 4) is 11.5 Å². The molecule has 0 aliphatic carbocycles. The molecule has 0 aliphatic rings. The number of hydrogen-bond acceptors (Lipinski definition) is 3. The number of nitrogens with one attached hydrogen (secondary N) is 1. The van der Waals surface area contributed by atoms with Crippen molar-refractivity contribution in [2.75, 3.05) is 25.1 Å². The number of rotatable bonds is 8. The van der Waals surface area contributed by atoms with E-state index in [2.05, 4.69) is 5.32 Å². The van der Waals surface area contributed by atoms with Gasteiger partial charge in [0, 0.05) is 24.4 Å². The highest BCUT2D eigenvalue weighted by Gasteiger charge is 2.13. The van der Waals surface area contributed by atoms with E-state index in [1.165, 1.54) is 0 Å². The maximum Gasteiger partial charge on any atom is 0.206 e. The minimum atomic E-state index is -0.418. The lowest BCUT2D eigenvalue weighted by Gasteiger charge is -2.14. The topological polar surface area (TPSA) is 30.5 Å². The van der Waals surface area contributed by atoms with Gasteiger partial charge in [0.05, 0.1) is 13.2 Å². The quantitative estimate of drug-likeness (QED) is 0.765. The molecule has 1 rings (SSSR count). The Kier molecular flexibility index (Phi) is 6.33. The van der Waals surface area contributed by atoms with E-state index in [4.69, 9.17) is 9.47 Å². The van der Waals surface area contributed by atoms with Gasteiger partial charge in [-0.3, -0.25) is 0 Å². The van der Waals surface area contributed by atoms with E-state index < -0.39 is 5.82 Å². The molecule has 0 amide bonds. The first-order valence-corrected chi connectivity index (χ1v) is 6.55. The molecular weight excluding hydrogens is 233 g/mol. The molecule has 1 aromatic rings. The molecule has 0 atom stereocenters. The van der Waals surface area contributed by atoms with Crippen LogP contribution in [0.15, 0.2) is 12.1 Å². The summed E-state index contributed by atoms with van der Waals surface area (Å²) in [6.07, 6.45) is 1.69. The van der Waals surface area contributed by atoms with Crippen LogP contribution in [0.1, 0.15) is 33.6 Å². The summed E-state index contributed by atoms with van der Waals surface area (Å²) in [5.41, 5.74) is 0.816. The Hall–Kier alpha value is -1.45. The van der Waals surface area contributed by atoms with Crippen LogP contribution in [0.4, 0.5) is 10.1 Å². The summed E-state index contributed by atoms with van der Waals surface area (Å²) in [4.78, 5) is 0. The summed E-state index contributed by atoms with van der Waals surface area (Å²) in [5.74, 6) is 0.0846. The van der Waals surface area contributed by atoms with E-state index in [0.717, 1.165) is 25.1 Å². The van der Waals surface area contributed by atoms with Crippen LogP contribution in [0.5, 0.6) is 11.5 Å². The van der Waals surface area contributed by atoms with E-state index >= 15 is 0 Å². The maximum atomic E-state index is 14.1. The van der Waals surface area contributed by atoms with E-state index in [1.54, 1.807) is 12.1 Å². The molecule has 0 spiro atoms. The second kappa shape index (κ2) is 7.80. The molecule has 0 aliphatic heterocycles. The predicted octanol–water partition coefficient (Wildman–Crippen LogP) is 3.84. The zero-order valence-electron chi connectivity index (χ0n) is 11.4. The van der Waals surface area contributed by atoms with E-state index in [0.29, 0.717) is 13.2 Å². The second-order valence-electron chi connectivity index (χ2n) is 4.01. The Balaban J connectivity index is 2.95. The molecule has 1 aromatic carbocycles. The fraction of sp³-hybridized carbons (Fsp3) is 0.571. The summed E-state index contributed by atoms with van der Waals surface area (Å²) >= 11 is 0. The molecule has 4 heteroatoms. The molecule has 0 unspecified atom stereocenters. The summed E-state index contributed by atoms with van der Waals surface area (Å²) in [5, 5.41) is 3.14. The Morgan fingerprint density at radius 1 is 1.00 bits per heavy atom. The third-order valence-electron chi connectivity index (χ3n) is 2.31. The molecule has 0 fully saturated rings. The van der Waals surface area contributed by atoms with Crippen molar-refractivity contribution in [1.82, 2.24) is 0 Å². The zero-order valence-corrected chi connectivity index (χ0v) is 11.4. The molecule has 0 radical (unpaired) electrons. The van der Waals surface area contributed by atoms with Crippen LogP contribution >= 0.6 is 0 Å². The van der Waals surface area contributed by atoms with Crippen molar-refractivity contribution in [2.24, 2.45) is 0 Å². The zero-order chi connectivity index (χ0) is 13.4. The van der Waals surface area contributed by atoms with E-state index in [1.807, 2.05) is 20.8 Å². The van der Waals surface area contributed by atoms with Crippen molar-refractivity contribution in [3.63, 3.8) is 0 Å². The van der Waals surface area contributed by atoms with Crippen LogP contribution in [-0.2, 0) is 0 Å². The molecule has 0 bridgehead atoms. The molecule has 0 saturated carbocycles. The first-order valence-electron chi connectivity index (χ1n) is 6.55. The van der Waals surface area contributed by atoms with Gasteiger partial charge in [-0.05, 0) is 19.8 Å². The van der Waals surface area contributed by atoms with Crippen LogP contribution in [0.3, 0.4) is 0 Å². The molecule has 0 aromatic heterocycles. The number of halogens is 1. The van der Waals surface area contributed by atoms with Crippen LogP contribution in [-0.4, -0.2) is 19.8 Å². The van der Waals surface area contributed by atoms with Gasteiger partial charge in [0.1, 0.15) is 0 Å². The monoisotopic (exact) mass is 255 g/mol. The molecule has 0 heterocycles. The van der Waals surface area contributed by atoms with E-state index in [9.17, 15) is 4.39 Å². The Morgan fingerprint density at radius 2 is 1.50 bits per heavy atom. The van der Waals surface area contributed by atoms with Gasteiger partial charge in [0.15, 0.2) is 11.5 Å². The highest BCUT2D eigenvalue weighted by atomic mass is 19.1. The van der Waals surface area contributed by atoms with Gasteiger partial charge < -0.3 is 14.8 Å². The van der Waals surface area contributed by atoms with Gasteiger partial charge in [-0.2, -0.15) is 4.39 Å². The largest absolute Gasteiger partial charge is 0.490 e. The summed E-state index contributed by atoms with van der Waals surface area (Å²) in [7, 11) is 0. The summed E-state index contributed by atoms with van der Waals surface area (Å²) in [6.45, 7) is 7.73. The Bertz CT molecular complexity index is 340. The SMILES string of the molecule is CCCOc1cc(NCC)cc(OCCC)c1F. The number of hydrogen-bond donors (Lipinski definition) is 1. The van der Waals surface area contributed by atoms with Crippen molar-refractivity contribution in [2.45, 2.75) is 33.6 Å². The average Bonchev–Trinajstić information content (AvgIpc) is 2.37. The lowest BCUT2D eigenvalue weighted by Crippen LogP contribution is -2.04. The van der Waals surface area contributed by atoms with Crippen molar-refractivity contribution in [1.29, 1.82) is 0 Å². The third kappa shape index (κ3) is 4.09. The molecular formula is C14H22FNO2. The van der Waals surface area contributed by atoms with Crippen molar-refractivity contribution < 1.29 is 13.9 Å². The first kappa shape index (κ1) is 14.6. The molecule has 0 saturated heterocycles. The van der Waals surface area contributed by atoms with Crippen LogP contribution < -0.4 is 14.8 Å². The van der Waals surface area contributed by atoms with Gasteiger partial charge in [0.2, 0.25) is 5.82 Å². The van der Waals surface area contributed by atoms with Crippen LogP contribution in [0, 0.1) is 5.82 Å². The average molecular weight is 255 g/mol. The molecule has 1 N–H and O–H groups in total. The van der Waals surface area contributed by atoms with Crippen LogP contribution in [0.2, 0.25) is 0 Å². The summed E-state index contributed by atoms with van der Waals surface area (Å²) < 4.78 is 24.9. The van der Waals surface area contributed by atoms with Gasteiger partial charge >= 0.3 is 0 Å². The molecule has 3 nitrogen and oxygen atoms in total. The second-order valence-corrected chi connectivity index (χ2v) is 4.01. The number of benzene rings is 1. The third-order valence-corrected chi connectivity index (χ3v) is 2.31. The highest BCUT2D eigenvalue weighted by molar-refractivity contribution is 5.54. The fourth-order valence-corrected chi connectivity index (χ4v) is 1.51. The van der Waals surface area contributed by atoms with Gasteiger partial charge in [-0.15, -0.1) is 0 Å². The predicted molar refractivity (Wildman–Crippen MR) is 72.1 cm³/mol. The molecule has 18 heavy (non-hydrogen) atoms. The van der Waals surface area contributed by atoms with Crippen LogP contribution in [0.25, 0.3) is 0 Å². The van der Waals surface area contributed by atoms with Gasteiger partial charge in [0.25, 0.3) is 0 Å². The van der Waals surface area contributed by atoms with Crippen molar-refractivity contribution in [3.05, 3.63) is 17.9 Å². The highest BCUT2D eigenvalue weighted by Crippen LogP contribution is 2.31. The fourth-order valence-electron chi connectivity index (χ4n) is 1.51. The Labute approximate surface area is 108 Å². The smallest absolute Gasteiger partial charge is 0.206 e. The molecule has 102 valence electrons. The van der Waals surface area contributed by atoms with Gasteiger partial charge in [-0.25, -0.2) is 0 Å². The first-order chi connectivity index (χ1) is 8.72. The minimum absolute atomic E-state index is 0.251. The maximum absolute atomic E-state index is 14.1. The van der Waals surface area contributed by atoms with E-state index in [-0.39, 0.29) is 11.5 Å². The lowest BCUT2D eigenvalue weighted by atomic mass is 10.2. The van der Waals surface area contributed by atoms with Gasteiger partial charge in [-0.1, -0.05) is 13.8 Å². The normalized spacial score (nSPS) is 10.2. The standard InChI is InChI=1S/C14H22FNO2/c1-4-7-17-12-9-11(16-6-3)10-13(14(12)15)18-8-5-2/h9-10,16H,4-8H2,1-3H3. The Morgan fingerprint density at radius 3 is 1.89 bits per heavy atom. The van der Waals surface area contributed by atoms with Crippen molar-refractivity contribution >= 4 is 5.69 Å². The minimum Gasteiger partial charge on any atom is -0.490 e. The lowest BCUT2D eigenvalue weighted by molar-refractivity contribution is 0.274.